The fourth-order valence-corrected chi connectivity index (χ4v) is 1.82. The van der Waals surface area contributed by atoms with Crippen LogP contribution in [0.25, 0.3) is 0 Å². The molecule has 0 heterocycles. The highest BCUT2D eigenvalue weighted by Gasteiger charge is 2.39. The molecule has 1 N–H and O–H groups in total. The minimum absolute atomic E-state index is 0.170. The Hall–Kier alpha value is -2.02. The Morgan fingerprint density at radius 1 is 1.33 bits per heavy atom. The average molecular weight is 301 g/mol. The highest BCUT2D eigenvalue weighted by atomic mass is 19.1. The Balaban J connectivity index is 3.12. The smallest absolute Gasteiger partial charge is 0.330 e. The summed E-state index contributed by atoms with van der Waals surface area (Å²) in [4.78, 5) is 23.3. The Bertz CT molecular complexity index is 536. The van der Waals surface area contributed by atoms with Crippen LogP contribution in [0.1, 0.15) is 19.4 Å². The van der Waals surface area contributed by atoms with Gasteiger partial charge in [-0.15, -0.1) is 0 Å². The van der Waals surface area contributed by atoms with Gasteiger partial charge < -0.3 is 9.47 Å². The second-order valence-corrected chi connectivity index (χ2v) is 4.40. The average Bonchev–Trinajstić information content (AvgIpc) is 2.46. The number of hydrogen-bond donors (Lipinski definition) is 1. The minimum atomic E-state index is -1.71. The van der Waals surface area contributed by atoms with Crippen molar-refractivity contribution in [3.05, 3.63) is 35.4 Å². The van der Waals surface area contributed by atoms with Crippen LogP contribution in [-0.2, 0) is 24.6 Å². The fraction of sp³-hybridized carbons (Fsp3) is 0.429. The standard InChI is InChI=1S/C14H17F2NO4/c1-4-21-12(18)8-17-14(2,13(19)20-3)10-7-9(15)5-6-11(10)16/h5-7,17H,4,8H2,1-3H3/t14-/m1/s1. The van der Waals surface area contributed by atoms with E-state index in [2.05, 4.69) is 10.1 Å². The SMILES string of the molecule is CCOC(=O)CN[C@@](C)(C(=O)OC)c1cc(F)ccc1F. The van der Waals surface area contributed by atoms with E-state index in [1.54, 1.807) is 6.92 Å². The second kappa shape index (κ2) is 7.12. The normalized spacial score (nSPS) is 13.4. The van der Waals surface area contributed by atoms with Crippen molar-refractivity contribution in [1.29, 1.82) is 0 Å². The first-order valence-corrected chi connectivity index (χ1v) is 6.29. The lowest BCUT2D eigenvalue weighted by molar-refractivity contribution is -0.149. The first kappa shape index (κ1) is 17.0. The molecule has 7 heteroatoms. The molecule has 0 fully saturated rings. The molecule has 0 radical (unpaired) electrons. The molecular formula is C14H17F2NO4. The Kier molecular flexibility index (Phi) is 5.78. The molecule has 0 unspecified atom stereocenters. The van der Waals surface area contributed by atoms with Crippen molar-refractivity contribution < 1.29 is 27.8 Å². The van der Waals surface area contributed by atoms with Gasteiger partial charge in [-0.2, -0.15) is 0 Å². The van der Waals surface area contributed by atoms with Gasteiger partial charge in [0.2, 0.25) is 0 Å². The number of rotatable bonds is 6. The summed E-state index contributed by atoms with van der Waals surface area (Å²) >= 11 is 0. The first-order chi connectivity index (χ1) is 9.85. The maximum Gasteiger partial charge on any atom is 0.330 e. The fourth-order valence-electron chi connectivity index (χ4n) is 1.82. The van der Waals surface area contributed by atoms with Crippen molar-refractivity contribution in [3.63, 3.8) is 0 Å². The van der Waals surface area contributed by atoms with Crippen molar-refractivity contribution in [2.45, 2.75) is 19.4 Å². The minimum Gasteiger partial charge on any atom is -0.467 e. The lowest BCUT2D eigenvalue weighted by atomic mass is 9.91. The zero-order valence-electron chi connectivity index (χ0n) is 12.0. The quantitative estimate of drug-likeness (QED) is 0.807. The van der Waals surface area contributed by atoms with Crippen molar-refractivity contribution in [3.8, 4) is 0 Å². The van der Waals surface area contributed by atoms with Gasteiger partial charge in [-0.1, -0.05) is 0 Å². The Morgan fingerprint density at radius 3 is 2.57 bits per heavy atom. The molecule has 1 rings (SSSR count). The molecule has 1 aromatic carbocycles. The zero-order chi connectivity index (χ0) is 16.0. The van der Waals surface area contributed by atoms with Crippen LogP contribution in [-0.4, -0.2) is 32.2 Å². The molecule has 0 aliphatic rings. The molecule has 21 heavy (non-hydrogen) atoms. The van der Waals surface area contributed by atoms with Crippen molar-refractivity contribution in [1.82, 2.24) is 5.32 Å². The van der Waals surface area contributed by atoms with Crippen LogP contribution < -0.4 is 5.32 Å². The van der Waals surface area contributed by atoms with Crippen LogP contribution in [0.15, 0.2) is 18.2 Å². The Labute approximate surface area is 121 Å². The predicted octanol–water partition coefficient (Wildman–Crippen LogP) is 1.51. The predicted molar refractivity (Wildman–Crippen MR) is 70.4 cm³/mol. The summed E-state index contributed by atoms with van der Waals surface area (Å²) in [6.45, 7) is 2.75. The number of esters is 2. The number of methoxy groups -OCH3 is 1. The van der Waals surface area contributed by atoms with E-state index in [1.165, 1.54) is 6.92 Å². The Morgan fingerprint density at radius 2 is 2.00 bits per heavy atom. The number of benzene rings is 1. The van der Waals surface area contributed by atoms with E-state index < -0.39 is 29.1 Å². The van der Waals surface area contributed by atoms with Gasteiger partial charge in [0.15, 0.2) is 0 Å². The van der Waals surface area contributed by atoms with Crippen LogP contribution in [0.2, 0.25) is 0 Å². The molecule has 0 saturated carbocycles. The van der Waals surface area contributed by atoms with Gasteiger partial charge >= 0.3 is 11.9 Å². The van der Waals surface area contributed by atoms with Crippen molar-refractivity contribution in [2.75, 3.05) is 20.3 Å². The third-order valence-electron chi connectivity index (χ3n) is 2.95. The summed E-state index contributed by atoms with van der Waals surface area (Å²) in [6.07, 6.45) is 0. The number of nitrogens with one attached hydrogen (secondary N) is 1. The van der Waals surface area contributed by atoms with E-state index in [9.17, 15) is 18.4 Å². The number of ether oxygens (including phenoxy) is 2. The van der Waals surface area contributed by atoms with Gasteiger partial charge in [-0.25, -0.2) is 13.6 Å². The maximum atomic E-state index is 13.9. The highest BCUT2D eigenvalue weighted by molar-refractivity contribution is 5.83. The molecule has 116 valence electrons. The van der Waals surface area contributed by atoms with E-state index in [-0.39, 0.29) is 18.7 Å². The molecule has 0 bridgehead atoms. The van der Waals surface area contributed by atoms with Crippen LogP contribution in [0, 0.1) is 11.6 Å². The maximum absolute atomic E-state index is 13.9. The topological polar surface area (TPSA) is 64.6 Å². The molecule has 1 atom stereocenters. The summed E-state index contributed by atoms with van der Waals surface area (Å²) < 4.78 is 36.6. The van der Waals surface area contributed by atoms with Gasteiger partial charge in [-0.05, 0) is 32.0 Å². The molecule has 0 amide bonds. The third-order valence-corrected chi connectivity index (χ3v) is 2.95. The van der Waals surface area contributed by atoms with Gasteiger partial charge in [0.25, 0.3) is 0 Å². The van der Waals surface area contributed by atoms with E-state index in [1.807, 2.05) is 0 Å². The summed E-state index contributed by atoms with van der Waals surface area (Å²) in [7, 11) is 1.11. The van der Waals surface area contributed by atoms with E-state index in [0.29, 0.717) is 0 Å². The number of halogens is 2. The second-order valence-electron chi connectivity index (χ2n) is 4.40. The van der Waals surface area contributed by atoms with Crippen LogP contribution in [0.4, 0.5) is 8.78 Å². The highest BCUT2D eigenvalue weighted by Crippen LogP contribution is 2.26. The lowest BCUT2D eigenvalue weighted by Crippen LogP contribution is -2.50. The zero-order valence-corrected chi connectivity index (χ0v) is 12.0. The summed E-state index contributed by atoms with van der Waals surface area (Å²) in [5.74, 6) is -2.97. The molecule has 0 aliphatic carbocycles. The molecule has 5 nitrogen and oxygen atoms in total. The van der Waals surface area contributed by atoms with Crippen LogP contribution in [0.5, 0.6) is 0 Å². The van der Waals surface area contributed by atoms with Crippen molar-refractivity contribution in [2.24, 2.45) is 0 Å². The van der Waals surface area contributed by atoms with Gasteiger partial charge in [0.05, 0.1) is 20.3 Å². The summed E-state index contributed by atoms with van der Waals surface area (Å²) in [5.41, 5.74) is -1.97. The third kappa shape index (κ3) is 3.98. The molecule has 1 aromatic rings. The lowest BCUT2D eigenvalue weighted by Gasteiger charge is -2.28. The number of carbonyl (C=O) groups excluding carboxylic acids is 2. The largest absolute Gasteiger partial charge is 0.467 e. The van der Waals surface area contributed by atoms with Crippen molar-refractivity contribution >= 4 is 11.9 Å². The van der Waals surface area contributed by atoms with Gasteiger partial charge in [0.1, 0.15) is 17.2 Å². The monoisotopic (exact) mass is 301 g/mol. The summed E-state index contributed by atoms with van der Waals surface area (Å²) in [5, 5.41) is 2.56. The number of carbonyl (C=O) groups is 2. The first-order valence-electron chi connectivity index (χ1n) is 6.29. The molecule has 0 aromatic heterocycles. The van der Waals surface area contributed by atoms with Gasteiger partial charge in [-0.3, -0.25) is 10.1 Å². The molecular weight excluding hydrogens is 284 g/mol. The van der Waals surface area contributed by atoms with Gasteiger partial charge in [0, 0.05) is 5.56 Å². The molecule has 0 aliphatic heterocycles. The molecule has 0 spiro atoms. The molecule has 0 saturated heterocycles. The van der Waals surface area contributed by atoms with E-state index in [4.69, 9.17) is 4.74 Å². The number of hydrogen-bond acceptors (Lipinski definition) is 5. The summed E-state index contributed by atoms with van der Waals surface area (Å²) in [6, 6.07) is 2.71. The van der Waals surface area contributed by atoms with E-state index in [0.717, 1.165) is 25.3 Å². The van der Waals surface area contributed by atoms with Crippen LogP contribution >= 0.6 is 0 Å². The van der Waals surface area contributed by atoms with E-state index >= 15 is 0 Å². The van der Waals surface area contributed by atoms with Crippen LogP contribution in [0.3, 0.4) is 0 Å².